The lowest BCUT2D eigenvalue weighted by molar-refractivity contribution is 0.342. The molecule has 1 aliphatic carbocycles. The van der Waals surface area contributed by atoms with Crippen LogP contribution in [0.1, 0.15) is 25.7 Å². The Labute approximate surface area is 117 Å². The Kier molecular flexibility index (Phi) is 4.72. The van der Waals surface area contributed by atoms with E-state index in [0.29, 0.717) is 24.9 Å². The van der Waals surface area contributed by atoms with Gasteiger partial charge in [-0.05, 0) is 44.9 Å². The first-order chi connectivity index (χ1) is 9.40. The van der Waals surface area contributed by atoms with E-state index in [1.54, 1.807) is 0 Å². The summed E-state index contributed by atoms with van der Waals surface area (Å²) in [4.78, 5) is -0.370. The molecule has 1 saturated carbocycles. The van der Waals surface area contributed by atoms with Crippen LogP contribution in [0, 0.1) is 11.6 Å². The Morgan fingerprint density at radius 3 is 2.00 bits per heavy atom. The van der Waals surface area contributed by atoms with Crippen LogP contribution in [-0.4, -0.2) is 27.5 Å². The summed E-state index contributed by atoms with van der Waals surface area (Å²) in [7, 11) is -2.00. The second-order valence-electron chi connectivity index (χ2n) is 5.06. The highest BCUT2D eigenvalue weighted by atomic mass is 32.2. The topological polar surface area (TPSA) is 58.2 Å². The highest BCUT2D eigenvalue weighted by Gasteiger charge is 2.25. The van der Waals surface area contributed by atoms with E-state index in [9.17, 15) is 17.2 Å². The van der Waals surface area contributed by atoms with Crippen molar-refractivity contribution in [3.8, 4) is 0 Å². The third-order valence-electron chi connectivity index (χ3n) is 3.60. The van der Waals surface area contributed by atoms with Gasteiger partial charge in [-0.25, -0.2) is 21.9 Å². The van der Waals surface area contributed by atoms with E-state index < -0.39 is 21.7 Å². The standard InChI is InChI=1S/C13H18F2N2O2S/c1-16-11-2-4-12(5-3-11)17-20(18,19)13-7-9(14)6-10(15)8-13/h6-8,11-12,16-17H,2-5H2,1H3. The van der Waals surface area contributed by atoms with Gasteiger partial charge in [0.15, 0.2) is 0 Å². The van der Waals surface area contributed by atoms with Gasteiger partial charge in [-0.3, -0.25) is 0 Å². The Balaban J connectivity index is 2.08. The molecule has 0 radical (unpaired) electrons. The van der Waals surface area contributed by atoms with Crippen molar-refractivity contribution in [2.75, 3.05) is 7.05 Å². The molecule has 0 amide bonds. The average Bonchev–Trinajstić information content (AvgIpc) is 2.38. The molecular weight excluding hydrogens is 286 g/mol. The summed E-state index contributed by atoms with van der Waals surface area (Å²) >= 11 is 0. The predicted octanol–water partition coefficient (Wildman–Crippen LogP) is 1.77. The van der Waals surface area contributed by atoms with Crippen LogP contribution in [0.15, 0.2) is 23.1 Å². The molecule has 1 fully saturated rings. The van der Waals surface area contributed by atoms with Crippen molar-refractivity contribution in [2.45, 2.75) is 42.7 Å². The van der Waals surface area contributed by atoms with E-state index in [-0.39, 0.29) is 10.9 Å². The van der Waals surface area contributed by atoms with Crippen LogP contribution >= 0.6 is 0 Å². The van der Waals surface area contributed by atoms with Crippen LogP contribution in [0.4, 0.5) is 8.78 Å². The van der Waals surface area contributed by atoms with Crippen LogP contribution in [0.2, 0.25) is 0 Å². The molecular formula is C13H18F2N2O2S. The SMILES string of the molecule is CNC1CCC(NS(=O)(=O)c2cc(F)cc(F)c2)CC1. The van der Waals surface area contributed by atoms with Crippen LogP contribution in [-0.2, 0) is 10.0 Å². The second-order valence-corrected chi connectivity index (χ2v) is 6.78. The minimum atomic E-state index is -3.88. The molecule has 0 saturated heterocycles. The molecule has 0 aromatic heterocycles. The maximum atomic E-state index is 13.1. The zero-order valence-corrected chi connectivity index (χ0v) is 12.0. The summed E-state index contributed by atoms with van der Waals surface area (Å²) in [6.07, 6.45) is 3.17. The largest absolute Gasteiger partial charge is 0.317 e. The Morgan fingerprint density at radius 2 is 1.50 bits per heavy atom. The van der Waals surface area contributed by atoms with Crippen LogP contribution in [0.5, 0.6) is 0 Å². The maximum absolute atomic E-state index is 13.1. The molecule has 0 bridgehead atoms. The lowest BCUT2D eigenvalue weighted by atomic mass is 9.92. The van der Waals surface area contributed by atoms with Gasteiger partial charge >= 0.3 is 0 Å². The smallest absolute Gasteiger partial charge is 0.241 e. The lowest BCUT2D eigenvalue weighted by Gasteiger charge is -2.28. The van der Waals surface area contributed by atoms with Crippen LogP contribution in [0.3, 0.4) is 0 Å². The van der Waals surface area contributed by atoms with Gasteiger partial charge in [0, 0.05) is 18.2 Å². The molecule has 1 aromatic carbocycles. The van der Waals surface area contributed by atoms with Crippen molar-refractivity contribution in [1.82, 2.24) is 10.0 Å². The van der Waals surface area contributed by atoms with Gasteiger partial charge in [0.05, 0.1) is 4.90 Å². The first-order valence-electron chi connectivity index (χ1n) is 6.56. The average molecular weight is 304 g/mol. The van der Waals surface area contributed by atoms with Crippen molar-refractivity contribution in [3.05, 3.63) is 29.8 Å². The van der Waals surface area contributed by atoms with E-state index >= 15 is 0 Å². The minimum absolute atomic E-state index is 0.184. The normalized spacial score (nSPS) is 23.8. The molecule has 4 nitrogen and oxygen atoms in total. The fourth-order valence-corrected chi connectivity index (χ4v) is 3.82. The van der Waals surface area contributed by atoms with Crippen molar-refractivity contribution >= 4 is 10.0 Å². The summed E-state index contributed by atoms with van der Waals surface area (Å²) in [5.74, 6) is -1.80. The molecule has 20 heavy (non-hydrogen) atoms. The number of hydrogen-bond acceptors (Lipinski definition) is 3. The fourth-order valence-electron chi connectivity index (χ4n) is 2.47. The third kappa shape index (κ3) is 3.74. The maximum Gasteiger partial charge on any atom is 0.241 e. The van der Waals surface area contributed by atoms with Crippen LogP contribution in [0.25, 0.3) is 0 Å². The highest BCUT2D eigenvalue weighted by molar-refractivity contribution is 7.89. The molecule has 1 aromatic rings. The number of hydrogen-bond donors (Lipinski definition) is 2. The molecule has 2 N–H and O–H groups in total. The molecule has 1 aliphatic rings. The van der Waals surface area contributed by atoms with Gasteiger partial charge in [0.2, 0.25) is 10.0 Å². The molecule has 2 rings (SSSR count). The lowest BCUT2D eigenvalue weighted by Crippen LogP contribution is -2.41. The molecule has 0 spiro atoms. The molecule has 7 heteroatoms. The minimum Gasteiger partial charge on any atom is -0.317 e. The highest BCUT2D eigenvalue weighted by Crippen LogP contribution is 2.21. The van der Waals surface area contributed by atoms with Crippen LogP contribution < -0.4 is 10.0 Å². The number of nitrogens with one attached hydrogen (secondary N) is 2. The van der Waals surface area contributed by atoms with Gasteiger partial charge in [-0.1, -0.05) is 0 Å². The van der Waals surface area contributed by atoms with Gasteiger partial charge in [0.25, 0.3) is 0 Å². The van der Waals surface area contributed by atoms with Crippen molar-refractivity contribution in [2.24, 2.45) is 0 Å². The first-order valence-corrected chi connectivity index (χ1v) is 8.05. The summed E-state index contributed by atoms with van der Waals surface area (Å²) in [6, 6.07) is 2.52. The Bertz CT molecular complexity index is 549. The van der Waals surface area contributed by atoms with Gasteiger partial charge in [-0.2, -0.15) is 0 Å². The summed E-state index contributed by atoms with van der Waals surface area (Å²) in [6.45, 7) is 0. The number of sulfonamides is 1. The van der Waals surface area contributed by atoms with Crippen molar-refractivity contribution < 1.29 is 17.2 Å². The first kappa shape index (κ1) is 15.3. The van der Waals surface area contributed by atoms with Gasteiger partial charge in [-0.15, -0.1) is 0 Å². The van der Waals surface area contributed by atoms with E-state index in [1.807, 2.05) is 7.05 Å². The van der Waals surface area contributed by atoms with Gasteiger partial charge in [0.1, 0.15) is 11.6 Å². The number of halogens is 2. The van der Waals surface area contributed by atoms with E-state index in [0.717, 1.165) is 25.0 Å². The molecule has 0 aliphatic heterocycles. The van der Waals surface area contributed by atoms with Crippen molar-refractivity contribution in [3.63, 3.8) is 0 Å². The van der Waals surface area contributed by atoms with E-state index in [4.69, 9.17) is 0 Å². The Morgan fingerprint density at radius 1 is 1.00 bits per heavy atom. The quantitative estimate of drug-likeness (QED) is 0.891. The number of rotatable bonds is 4. The van der Waals surface area contributed by atoms with E-state index in [1.165, 1.54) is 0 Å². The zero-order valence-electron chi connectivity index (χ0n) is 11.2. The zero-order chi connectivity index (χ0) is 14.8. The second kappa shape index (κ2) is 6.15. The monoisotopic (exact) mass is 304 g/mol. The molecule has 0 atom stereocenters. The summed E-state index contributed by atoms with van der Waals surface area (Å²) in [5.41, 5.74) is 0. The molecule has 0 unspecified atom stereocenters. The summed E-state index contributed by atoms with van der Waals surface area (Å²) < 4.78 is 52.9. The fraction of sp³-hybridized carbons (Fsp3) is 0.538. The van der Waals surface area contributed by atoms with Crippen molar-refractivity contribution in [1.29, 1.82) is 0 Å². The van der Waals surface area contributed by atoms with E-state index in [2.05, 4.69) is 10.0 Å². The summed E-state index contributed by atoms with van der Waals surface area (Å²) in [5, 5.41) is 3.16. The number of benzene rings is 1. The molecule has 0 heterocycles. The Hall–Kier alpha value is -1.05. The molecule has 112 valence electrons. The predicted molar refractivity (Wildman–Crippen MR) is 71.8 cm³/mol. The third-order valence-corrected chi connectivity index (χ3v) is 5.10. The van der Waals surface area contributed by atoms with Gasteiger partial charge < -0.3 is 5.32 Å².